The normalized spacial score (nSPS) is 13.2. The molecule has 2 aromatic carbocycles. The summed E-state index contributed by atoms with van der Waals surface area (Å²) in [7, 11) is 1.66. The quantitative estimate of drug-likeness (QED) is 0.396. The first-order valence-corrected chi connectivity index (χ1v) is 10.7. The molecule has 2 aromatic heterocycles. The lowest BCUT2D eigenvalue weighted by Gasteiger charge is -2.09. The van der Waals surface area contributed by atoms with Crippen LogP contribution in [0, 0.1) is 0 Å². The van der Waals surface area contributed by atoms with Crippen LogP contribution in [0.25, 0.3) is 22.6 Å². The topological polar surface area (TPSA) is 105 Å². The number of benzene rings is 2. The zero-order chi connectivity index (χ0) is 21.9. The molecule has 0 radical (unpaired) electrons. The minimum Gasteiger partial charge on any atom is -0.497 e. The first-order chi connectivity index (χ1) is 15.7. The highest BCUT2D eigenvalue weighted by Gasteiger charge is 2.23. The highest BCUT2D eigenvalue weighted by Crippen LogP contribution is 2.24. The second kappa shape index (κ2) is 8.66. The van der Waals surface area contributed by atoms with Gasteiger partial charge in [0.05, 0.1) is 13.4 Å². The van der Waals surface area contributed by atoms with Gasteiger partial charge in [-0.3, -0.25) is 4.79 Å². The van der Waals surface area contributed by atoms with Crippen LogP contribution in [0.15, 0.2) is 54.9 Å². The van der Waals surface area contributed by atoms with E-state index in [0.29, 0.717) is 35.4 Å². The molecule has 0 spiro atoms. The molecule has 162 valence electrons. The van der Waals surface area contributed by atoms with Gasteiger partial charge >= 0.3 is 0 Å². The number of nitrogens with zero attached hydrogens (tertiary/aromatic N) is 3. The van der Waals surface area contributed by atoms with Gasteiger partial charge in [-0.2, -0.15) is 0 Å². The predicted octanol–water partition coefficient (Wildman–Crippen LogP) is 3.58. The Bertz CT molecular complexity index is 1230. The number of aromatic nitrogens is 4. The minimum atomic E-state index is -0.0383. The number of H-pyrrole nitrogens is 1. The molecule has 0 unspecified atom stereocenters. The monoisotopic (exact) mass is 428 g/mol. The molecule has 1 saturated carbocycles. The molecule has 1 aliphatic rings. The molecule has 1 aliphatic carbocycles. The van der Waals surface area contributed by atoms with Crippen molar-refractivity contribution in [1.29, 1.82) is 0 Å². The van der Waals surface area contributed by atoms with E-state index < -0.39 is 0 Å². The maximum Gasteiger partial charge on any atom is 0.251 e. The number of aromatic amines is 1. The van der Waals surface area contributed by atoms with Crippen molar-refractivity contribution in [1.82, 2.24) is 25.3 Å². The van der Waals surface area contributed by atoms with Gasteiger partial charge in [-0.1, -0.05) is 24.3 Å². The van der Waals surface area contributed by atoms with Crippen molar-refractivity contribution < 1.29 is 9.53 Å². The van der Waals surface area contributed by atoms with Gasteiger partial charge in [0.15, 0.2) is 17.3 Å². The van der Waals surface area contributed by atoms with Crippen molar-refractivity contribution in [3.63, 3.8) is 0 Å². The number of carbonyl (C=O) groups is 1. The van der Waals surface area contributed by atoms with Gasteiger partial charge in [-0.05, 0) is 49.1 Å². The Labute approximate surface area is 185 Å². The molecule has 0 bridgehead atoms. The molecule has 5 rings (SSSR count). The maximum absolute atomic E-state index is 12.2. The average Bonchev–Trinajstić information content (AvgIpc) is 3.51. The maximum atomic E-state index is 12.2. The fraction of sp³-hybridized carbons (Fsp3) is 0.250. The second-order valence-electron chi connectivity index (χ2n) is 7.85. The molecule has 1 fully saturated rings. The number of ether oxygens (including phenoxy) is 1. The van der Waals surface area contributed by atoms with Gasteiger partial charge in [-0.25, -0.2) is 15.0 Å². The summed E-state index contributed by atoms with van der Waals surface area (Å²) in [6.45, 7) is 0.706. The third-order valence-electron chi connectivity index (χ3n) is 5.47. The van der Waals surface area contributed by atoms with E-state index in [9.17, 15) is 4.79 Å². The standard InChI is InChI=1S/C24H24N6O2/c1-32-19-10-2-15(3-11-19)12-13-25-22-20-23(27-14-26-20)30-21(29-22)16-4-6-17(7-5-16)24(31)28-18-8-9-18/h2-7,10-11,14,18H,8-9,12-13H2,1H3,(H,28,31)(H2,25,26,27,29,30). The van der Waals surface area contributed by atoms with Crippen molar-refractivity contribution in [2.24, 2.45) is 0 Å². The number of anilines is 1. The van der Waals surface area contributed by atoms with Gasteiger partial charge in [-0.15, -0.1) is 0 Å². The van der Waals surface area contributed by atoms with E-state index >= 15 is 0 Å². The first-order valence-electron chi connectivity index (χ1n) is 10.7. The number of imidazole rings is 1. The van der Waals surface area contributed by atoms with Crippen molar-refractivity contribution in [3.8, 4) is 17.1 Å². The van der Waals surface area contributed by atoms with E-state index in [2.05, 4.69) is 37.7 Å². The first kappa shape index (κ1) is 20.0. The van der Waals surface area contributed by atoms with E-state index in [1.54, 1.807) is 13.4 Å². The summed E-state index contributed by atoms with van der Waals surface area (Å²) in [4.78, 5) is 29.0. The molecule has 2 heterocycles. The predicted molar refractivity (Wildman–Crippen MR) is 123 cm³/mol. The molecular formula is C24H24N6O2. The van der Waals surface area contributed by atoms with Gasteiger partial charge in [0.2, 0.25) is 0 Å². The lowest BCUT2D eigenvalue weighted by atomic mass is 10.1. The van der Waals surface area contributed by atoms with E-state index in [4.69, 9.17) is 9.72 Å². The fourth-order valence-electron chi connectivity index (χ4n) is 3.47. The molecule has 0 atom stereocenters. The average molecular weight is 428 g/mol. The Morgan fingerprint density at radius 3 is 2.59 bits per heavy atom. The fourth-order valence-corrected chi connectivity index (χ4v) is 3.47. The Balaban J connectivity index is 1.32. The van der Waals surface area contributed by atoms with Crippen molar-refractivity contribution in [2.75, 3.05) is 19.0 Å². The Morgan fingerprint density at radius 1 is 1.09 bits per heavy atom. The van der Waals surface area contributed by atoms with E-state index in [0.717, 1.165) is 36.1 Å². The summed E-state index contributed by atoms with van der Waals surface area (Å²) in [6, 6.07) is 15.7. The number of amides is 1. The Kier molecular flexibility index (Phi) is 5.41. The smallest absolute Gasteiger partial charge is 0.251 e. The van der Waals surface area contributed by atoms with Crippen LogP contribution < -0.4 is 15.4 Å². The van der Waals surface area contributed by atoms with Crippen LogP contribution in [0.3, 0.4) is 0 Å². The van der Waals surface area contributed by atoms with Crippen molar-refractivity contribution in [3.05, 3.63) is 66.0 Å². The van der Waals surface area contributed by atoms with Crippen molar-refractivity contribution >= 4 is 22.9 Å². The molecule has 32 heavy (non-hydrogen) atoms. The van der Waals surface area contributed by atoms with Crippen LogP contribution in [-0.2, 0) is 6.42 Å². The summed E-state index contributed by atoms with van der Waals surface area (Å²) in [6.07, 6.45) is 4.58. The molecule has 1 amide bonds. The van der Waals surface area contributed by atoms with E-state index in [-0.39, 0.29) is 5.91 Å². The lowest BCUT2D eigenvalue weighted by Crippen LogP contribution is -2.25. The number of hydrogen-bond donors (Lipinski definition) is 3. The second-order valence-corrected chi connectivity index (χ2v) is 7.85. The van der Waals surface area contributed by atoms with Gasteiger partial charge in [0.25, 0.3) is 5.91 Å². The number of nitrogens with one attached hydrogen (secondary N) is 3. The van der Waals surface area contributed by atoms with Crippen LogP contribution in [0.2, 0.25) is 0 Å². The largest absolute Gasteiger partial charge is 0.497 e. The molecule has 0 saturated heterocycles. The van der Waals surface area contributed by atoms with Crippen molar-refractivity contribution in [2.45, 2.75) is 25.3 Å². The number of hydrogen-bond acceptors (Lipinski definition) is 6. The van der Waals surface area contributed by atoms with Gasteiger partial charge in [0.1, 0.15) is 11.3 Å². The number of methoxy groups -OCH3 is 1. The van der Waals surface area contributed by atoms with Crippen LogP contribution in [0.1, 0.15) is 28.8 Å². The Morgan fingerprint density at radius 2 is 1.88 bits per heavy atom. The third kappa shape index (κ3) is 4.39. The summed E-state index contributed by atoms with van der Waals surface area (Å²) in [5, 5.41) is 6.40. The molecule has 4 aromatic rings. The third-order valence-corrected chi connectivity index (χ3v) is 5.47. The van der Waals surface area contributed by atoms with E-state index in [1.165, 1.54) is 5.56 Å². The van der Waals surface area contributed by atoms with Crippen LogP contribution in [-0.4, -0.2) is 45.5 Å². The molecule has 3 N–H and O–H groups in total. The number of fused-ring (bicyclic) bond motifs is 1. The molecular weight excluding hydrogens is 404 g/mol. The summed E-state index contributed by atoms with van der Waals surface area (Å²) in [5.41, 5.74) is 4.03. The highest BCUT2D eigenvalue weighted by atomic mass is 16.5. The highest BCUT2D eigenvalue weighted by molar-refractivity contribution is 5.95. The minimum absolute atomic E-state index is 0.0383. The summed E-state index contributed by atoms with van der Waals surface area (Å²) in [5.74, 6) is 2.07. The van der Waals surface area contributed by atoms with Crippen LogP contribution in [0.5, 0.6) is 5.75 Å². The summed E-state index contributed by atoms with van der Waals surface area (Å²) < 4.78 is 5.21. The number of carbonyl (C=O) groups excluding carboxylic acids is 1. The number of rotatable bonds is 8. The molecule has 8 heteroatoms. The Hall–Kier alpha value is -3.94. The lowest BCUT2D eigenvalue weighted by molar-refractivity contribution is 0.0951. The van der Waals surface area contributed by atoms with E-state index in [1.807, 2.05) is 36.4 Å². The SMILES string of the molecule is COc1ccc(CCNc2nc(-c3ccc(C(=O)NC4CC4)cc3)nc3nc[nH]c23)cc1. The zero-order valence-corrected chi connectivity index (χ0v) is 17.8. The molecule has 8 nitrogen and oxygen atoms in total. The zero-order valence-electron chi connectivity index (χ0n) is 17.8. The van der Waals surface area contributed by atoms with Gasteiger partial charge < -0.3 is 20.4 Å². The van der Waals surface area contributed by atoms with Gasteiger partial charge in [0, 0.05) is 23.7 Å². The molecule has 0 aliphatic heterocycles. The van der Waals surface area contributed by atoms with Crippen LogP contribution >= 0.6 is 0 Å². The summed E-state index contributed by atoms with van der Waals surface area (Å²) >= 11 is 0. The van der Waals surface area contributed by atoms with Crippen LogP contribution in [0.4, 0.5) is 5.82 Å².